The predicted octanol–water partition coefficient (Wildman–Crippen LogP) is 5.05. The molecule has 31 heavy (non-hydrogen) atoms. The SMILES string of the molecule is Cc1cc(N2CCCC2)ccc1NC(=O)c1nn(-c2ccc(F)cc2)c2c1CCCC2. The van der Waals surface area contributed by atoms with Gasteiger partial charge in [0.25, 0.3) is 5.91 Å². The molecule has 2 aromatic carbocycles. The molecule has 5 rings (SSSR count). The van der Waals surface area contributed by atoms with Crippen LogP contribution in [0.4, 0.5) is 15.8 Å². The first-order valence-electron chi connectivity index (χ1n) is 11.1. The molecule has 5 nitrogen and oxygen atoms in total. The van der Waals surface area contributed by atoms with E-state index in [1.54, 1.807) is 12.1 Å². The molecule has 1 N–H and O–H groups in total. The second kappa shape index (κ2) is 8.17. The van der Waals surface area contributed by atoms with Gasteiger partial charge in [-0.25, -0.2) is 9.07 Å². The number of benzene rings is 2. The van der Waals surface area contributed by atoms with Gasteiger partial charge in [0.1, 0.15) is 5.82 Å². The van der Waals surface area contributed by atoms with E-state index in [0.29, 0.717) is 5.69 Å². The lowest BCUT2D eigenvalue weighted by molar-refractivity contribution is 0.102. The molecule has 0 atom stereocenters. The van der Waals surface area contributed by atoms with Crippen LogP contribution in [0.25, 0.3) is 5.69 Å². The number of nitrogens with one attached hydrogen (secondary N) is 1. The van der Waals surface area contributed by atoms with E-state index in [-0.39, 0.29) is 11.7 Å². The number of anilines is 2. The Morgan fingerprint density at radius 3 is 2.42 bits per heavy atom. The van der Waals surface area contributed by atoms with Gasteiger partial charge >= 0.3 is 0 Å². The van der Waals surface area contributed by atoms with Crippen molar-refractivity contribution in [1.29, 1.82) is 0 Å². The maximum Gasteiger partial charge on any atom is 0.276 e. The highest BCUT2D eigenvalue weighted by molar-refractivity contribution is 6.04. The zero-order valence-corrected chi connectivity index (χ0v) is 17.8. The molecule has 0 unspecified atom stereocenters. The Morgan fingerprint density at radius 2 is 1.68 bits per heavy atom. The van der Waals surface area contributed by atoms with Gasteiger partial charge in [-0.1, -0.05) is 0 Å². The Labute approximate surface area is 181 Å². The van der Waals surface area contributed by atoms with Crippen molar-refractivity contribution in [1.82, 2.24) is 9.78 Å². The lowest BCUT2D eigenvalue weighted by Crippen LogP contribution is -2.19. The van der Waals surface area contributed by atoms with Crippen LogP contribution in [0, 0.1) is 12.7 Å². The highest BCUT2D eigenvalue weighted by atomic mass is 19.1. The number of nitrogens with zero attached hydrogens (tertiary/aromatic N) is 3. The van der Waals surface area contributed by atoms with Crippen molar-refractivity contribution < 1.29 is 9.18 Å². The van der Waals surface area contributed by atoms with Gasteiger partial charge in [0, 0.05) is 35.7 Å². The van der Waals surface area contributed by atoms with Gasteiger partial charge in [-0.2, -0.15) is 5.10 Å². The molecular weight excluding hydrogens is 391 g/mol. The van der Waals surface area contributed by atoms with Crippen molar-refractivity contribution in [2.24, 2.45) is 0 Å². The summed E-state index contributed by atoms with van der Waals surface area (Å²) in [6.07, 6.45) is 6.30. The average Bonchev–Trinajstić information content (AvgIpc) is 3.44. The van der Waals surface area contributed by atoms with Gasteiger partial charge in [-0.05, 0) is 93.5 Å². The lowest BCUT2D eigenvalue weighted by atomic mass is 9.95. The molecule has 2 aliphatic rings. The fourth-order valence-electron chi connectivity index (χ4n) is 4.72. The number of amides is 1. The number of carbonyl (C=O) groups excluding carboxylic acids is 1. The number of aryl methyl sites for hydroxylation is 1. The normalized spacial score (nSPS) is 15.7. The highest BCUT2D eigenvalue weighted by Crippen LogP contribution is 2.29. The summed E-state index contributed by atoms with van der Waals surface area (Å²) < 4.78 is 15.2. The van der Waals surface area contributed by atoms with Crippen LogP contribution in [0.15, 0.2) is 42.5 Å². The number of rotatable bonds is 4. The minimum absolute atomic E-state index is 0.184. The summed E-state index contributed by atoms with van der Waals surface area (Å²) in [4.78, 5) is 15.6. The van der Waals surface area contributed by atoms with E-state index in [1.807, 2.05) is 17.7 Å². The number of halogens is 1. The summed E-state index contributed by atoms with van der Waals surface area (Å²) in [6.45, 7) is 4.22. The van der Waals surface area contributed by atoms with Crippen molar-refractivity contribution in [3.63, 3.8) is 0 Å². The standard InChI is InChI=1S/C25H27FN4O/c1-17-16-20(29-14-4-5-15-29)12-13-22(17)27-25(31)24-21-6-2-3-7-23(21)30(28-24)19-10-8-18(26)9-11-19/h8-13,16H,2-7,14-15H2,1H3,(H,27,31). The third-order valence-corrected chi connectivity index (χ3v) is 6.40. The van der Waals surface area contributed by atoms with Crippen LogP contribution in [0.5, 0.6) is 0 Å². The van der Waals surface area contributed by atoms with Crippen LogP contribution in [0.3, 0.4) is 0 Å². The molecule has 1 fully saturated rings. The highest BCUT2D eigenvalue weighted by Gasteiger charge is 2.26. The van der Waals surface area contributed by atoms with Gasteiger partial charge in [0.2, 0.25) is 0 Å². The molecule has 1 amide bonds. The summed E-state index contributed by atoms with van der Waals surface area (Å²) >= 11 is 0. The number of hydrogen-bond donors (Lipinski definition) is 1. The Morgan fingerprint density at radius 1 is 0.968 bits per heavy atom. The number of carbonyl (C=O) groups is 1. The maximum atomic E-state index is 13.4. The first kappa shape index (κ1) is 19.8. The number of aromatic nitrogens is 2. The van der Waals surface area contributed by atoms with E-state index in [2.05, 4.69) is 27.4 Å². The fourth-order valence-corrected chi connectivity index (χ4v) is 4.72. The largest absolute Gasteiger partial charge is 0.372 e. The Kier molecular flexibility index (Phi) is 5.22. The molecule has 1 saturated heterocycles. The van der Waals surface area contributed by atoms with Gasteiger partial charge in [0.05, 0.1) is 5.69 Å². The quantitative estimate of drug-likeness (QED) is 0.645. The van der Waals surface area contributed by atoms with Crippen LogP contribution in [0.2, 0.25) is 0 Å². The second-order valence-electron chi connectivity index (χ2n) is 8.52. The van der Waals surface area contributed by atoms with Crippen molar-refractivity contribution in [3.8, 4) is 5.69 Å². The van der Waals surface area contributed by atoms with Gasteiger partial charge in [0.15, 0.2) is 5.69 Å². The Bertz CT molecular complexity index is 1110. The average molecular weight is 419 g/mol. The lowest BCUT2D eigenvalue weighted by Gasteiger charge is -2.19. The maximum absolute atomic E-state index is 13.4. The molecule has 1 aliphatic heterocycles. The summed E-state index contributed by atoms with van der Waals surface area (Å²) in [5.41, 5.74) is 6.40. The van der Waals surface area contributed by atoms with E-state index >= 15 is 0 Å². The van der Waals surface area contributed by atoms with Crippen LogP contribution in [-0.2, 0) is 12.8 Å². The molecule has 6 heteroatoms. The van der Waals surface area contributed by atoms with Crippen molar-refractivity contribution >= 4 is 17.3 Å². The van der Waals surface area contributed by atoms with Crippen molar-refractivity contribution in [3.05, 3.63) is 70.8 Å². The van der Waals surface area contributed by atoms with Crippen LogP contribution in [-0.4, -0.2) is 28.8 Å². The van der Waals surface area contributed by atoms with E-state index in [9.17, 15) is 9.18 Å². The van der Waals surface area contributed by atoms with E-state index in [1.165, 1.54) is 30.7 Å². The minimum atomic E-state index is -0.282. The van der Waals surface area contributed by atoms with Crippen LogP contribution >= 0.6 is 0 Å². The summed E-state index contributed by atoms with van der Waals surface area (Å²) in [5.74, 6) is -0.466. The smallest absolute Gasteiger partial charge is 0.276 e. The van der Waals surface area contributed by atoms with Gasteiger partial charge in [-0.3, -0.25) is 4.79 Å². The van der Waals surface area contributed by atoms with Gasteiger partial charge in [-0.15, -0.1) is 0 Å². The first-order chi connectivity index (χ1) is 15.1. The molecule has 160 valence electrons. The zero-order valence-electron chi connectivity index (χ0n) is 17.8. The Hall–Kier alpha value is -3.15. The third kappa shape index (κ3) is 3.82. The van der Waals surface area contributed by atoms with Crippen molar-refractivity contribution in [2.75, 3.05) is 23.3 Å². The number of hydrogen-bond acceptors (Lipinski definition) is 3. The first-order valence-corrected chi connectivity index (χ1v) is 11.1. The molecule has 0 spiro atoms. The Balaban J connectivity index is 1.43. The monoisotopic (exact) mass is 418 g/mol. The molecule has 0 saturated carbocycles. The van der Waals surface area contributed by atoms with E-state index in [4.69, 9.17) is 0 Å². The molecular formula is C25H27FN4O. The predicted molar refractivity (Wildman–Crippen MR) is 121 cm³/mol. The molecule has 3 aromatic rings. The molecule has 0 bridgehead atoms. The molecule has 1 aliphatic carbocycles. The molecule has 2 heterocycles. The third-order valence-electron chi connectivity index (χ3n) is 6.40. The molecule has 1 aromatic heterocycles. The topological polar surface area (TPSA) is 50.2 Å². The van der Waals surface area contributed by atoms with E-state index in [0.717, 1.165) is 67.0 Å². The number of fused-ring (bicyclic) bond motifs is 1. The summed E-state index contributed by atoms with van der Waals surface area (Å²) in [7, 11) is 0. The van der Waals surface area contributed by atoms with Crippen molar-refractivity contribution in [2.45, 2.75) is 45.4 Å². The second-order valence-corrected chi connectivity index (χ2v) is 8.52. The van der Waals surface area contributed by atoms with Crippen LogP contribution in [0.1, 0.15) is 53.0 Å². The zero-order chi connectivity index (χ0) is 21.4. The minimum Gasteiger partial charge on any atom is -0.372 e. The van der Waals surface area contributed by atoms with E-state index < -0.39 is 0 Å². The summed E-state index contributed by atoms with van der Waals surface area (Å²) in [5, 5.41) is 7.75. The summed E-state index contributed by atoms with van der Waals surface area (Å²) in [6, 6.07) is 12.5. The fraction of sp³-hybridized carbons (Fsp3) is 0.360. The van der Waals surface area contributed by atoms with Gasteiger partial charge < -0.3 is 10.2 Å². The molecule has 0 radical (unpaired) electrons. The van der Waals surface area contributed by atoms with Crippen LogP contribution < -0.4 is 10.2 Å².